The van der Waals surface area contributed by atoms with Crippen molar-refractivity contribution >= 4 is 22.9 Å². The second-order valence-corrected chi connectivity index (χ2v) is 6.54. The van der Waals surface area contributed by atoms with E-state index in [1.54, 1.807) is 17.4 Å². The Bertz CT molecular complexity index is 603. The highest BCUT2D eigenvalue weighted by Gasteiger charge is 2.22. The lowest BCUT2D eigenvalue weighted by Crippen LogP contribution is -2.18. The first-order valence-electron chi connectivity index (χ1n) is 6.79. The topological polar surface area (TPSA) is 24.9 Å². The number of nitrogens with zero attached hydrogens (tertiary/aromatic N) is 1. The van der Waals surface area contributed by atoms with Gasteiger partial charge < -0.3 is 5.32 Å². The van der Waals surface area contributed by atoms with Gasteiger partial charge in [-0.05, 0) is 50.4 Å². The minimum absolute atomic E-state index is 0.0706. The van der Waals surface area contributed by atoms with E-state index >= 15 is 0 Å². The minimum Gasteiger partial charge on any atom is -0.307 e. The average molecular weight is 311 g/mol. The van der Waals surface area contributed by atoms with Crippen molar-refractivity contribution in [2.45, 2.75) is 31.7 Å². The van der Waals surface area contributed by atoms with Gasteiger partial charge in [-0.1, -0.05) is 17.7 Å². The van der Waals surface area contributed by atoms with E-state index in [1.165, 1.54) is 35.5 Å². The van der Waals surface area contributed by atoms with Gasteiger partial charge in [-0.25, -0.2) is 9.37 Å². The maximum absolute atomic E-state index is 13.2. The molecule has 1 aliphatic rings. The van der Waals surface area contributed by atoms with E-state index in [0.29, 0.717) is 5.02 Å². The molecule has 0 bridgehead atoms. The quantitative estimate of drug-likeness (QED) is 0.922. The van der Waals surface area contributed by atoms with Gasteiger partial charge in [0.1, 0.15) is 10.8 Å². The van der Waals surface area contributed by atoms with Gasteiger partial charge in [-0.15, -0.1) is 11.3 Å². The third-order valence-corrected chi connectivity index (χ3v) is 5.22. The van der Waals surface area contributed by atoms with Gasteiger partial charge >= 0.3 is 0 Å². The molecule has 1 unspecified atom stereocenters. The fraction of sp³-hybridized carbons (Fsp3) is 0.400. The molecule has 0 amide bonds. The highest BCUT2D eigenvalue weighted by atomic mass is 35.5. The Kier molecular flexibility index (Phi) is 4.06. The van der Waals surface area contributed by atoms with E-state index in [1.807, 2.05) is 7.05 Å². The van der Waals surface area contributed by atoms with E-state index in [0.717, 1.165) is 23.4 Å². The summed E-state index contributed by atoms with van der Waals surface area (Å²) in [6.45, 7) is 0. The largest absolute Gasteiger partial charge is 0.307 e. The van der Waals surface area contributed by atoms with Crippen molar-refractivity contribution in [1.82, 2.24) is 10.3 Å². The lowest BCUT2D eigenvalue weighted by atomic mass is 10.0. The molecule has 0 spiro atoms. The number of aryl methyl sites for hydroxylation is 2. The summed E-state index contributed by atoms with van der Waals surface area (Å²) in [5.41, 5.74) is 2.11. The molecule has 106 valence electrons. The molecule has 1 aromatic carbocycles. The second kappa shape index (κ2) is 5.80. The van der Waals surface area contributed by atoms with E-state index in [4.69, 9.17) is 16.6 Å². The van der Waals surface area contributed by atoms with Crippen molar-refractivity contribution in [1.29, 1.82) is 0 Å². The number of aromatic nitrogens is 1. The first kappa shape index (κ1) is 14.0. The Morgan fingerprint density at radius 1 is 1.35 bits per heavy atom. The summed E-state index contributed by atoms with van der Waals surface area (Å²) >= 11 is 7.93. The number of fused-ring (bicyclic) bond motifs is 1. The van der Waals surface area contributed by atoms with Gasteiger partial charge in [0.05, 0.1) is 11.7 Å². The number of benzene rings is 1. The maximum Gasteiger partial charge on any atom is 0.124 e. The summed E-state index contributed by atoms with van der Waals surface area (Å²) in [6, 6.07) is 4.46. The van der Waals surface area contributed by atoms with Crippen LogP contribution in [-0.4, -0.2) is 12.0 Å². The van der Waals surface area contributed by atoms with Crippen molar-refractivity contribution in [2.75, 3.05) is 7.05 Å². The predicted molar refractivity (Wildman–Crippen MR) is 81.1 cm³/mol. The summed E-state index contributed by atoms with van der Waals surface area (Å²) in [7, 11) is 1.88. The van der Waals surface area contributed by atoms with Crippen LogP contribution in [0.25, 0.3) is 0 Å². The van der Waals surface area contributed by atoms with Crippen LogP contribution < -0.4 is 5.32 Å². The molecule has 20 heavy (non-hydrogen) atoms. The molecule has 1 heterocycles. The molecular formula is C15H16ClFN2S. The standard InChI is InChI=1S/C15H16ClFN2S/c1-18-14(10-7-6-9(17)8-11(10)16)15-19-12-4-2-3-5-13(12)20-15/h6-8,14,18H,2-5H2,1H3. The fourth-order valence-electron chi connectivity index (χ4n) is 2.64. The number of halogens is 2. The number of thiazole rings is 1. The van der Waals surface area contributed by atoms with Crippen molar-refractivity contribution in [3.8, 4) is 0 Å². The van der Waals surface area contributed by atoms with Gasteiger partial charge in [0, 0.05) is 9.90 Å². The molecule has 0 radical (unpaired) electrons. The molecule has 1 N–H and O–H groups in total. The first-order chi connectivity index (χ1) is 9.69. The third kappa shape index (κ3) is 2.60. The number of hydrogen-bond acceptors (Lipinski definition) is 3. The highest BCUT2D eigenvalue weighted by molar-refractivity contribution is 7.11. The Morgan fingerprint density at radius 2 is 2.15 bits per heavy atom. The molecule has 0 aliphatic heterocycles. The Morgan fingerprint density at radius 3 is 2.85 bits per heavy atom. The van der Waals surface area contributed by atoms with Crippen molar-refractivity contribution < 1.29 is 4.39 Å². The molecule has 0 fully saturated rings. The predicted octanol–water partition coefficient (Wildman–Crippen LogP) is 4.12. The molecule has 1 aromatic heterocycles. The van der Waals surface area contributed by atoms with E-state index < -0.39 is 0 Å². The zero-order valence-corrected chi connectivity index (χ0v) is 12.8. The number of rotatable bonds is 3. The fourth-order valence-corrected chi connectivity index (χ4v) is 4.20. The van der Waals surface area contributed by atoms with Gasteiger partial charge in [0.15, 0.2) is 0 Å². The monoisotopic (exact) mass is 310 g/mol. The Labute approximate surface area is 127 Å². The van der Waals surface area contributed by atoms with Crippen LogP contribution in [0.5, 0.6) is 0 Å². The molecule has 3 rings (SSSR count). The summed E-state index contributed by atoms with van der Waals surface area (Å²) < 4.78 is 13.2. The van der Waals surface area contributed by atoms with Crippen molar-refractivity contribution in [2.24, 2.45) is 0 Å². The molecule has 1 aliphatic carbocycles. The van der Waals surface area contributed by atoms with Crippen LogP contribution in [0.3, 0.4) is 0 Å². The molecular weight excluding hydrogens is 295 g/mol. The maximum atomic E-state index is 13.2. The van der Waals surface area contributed by atoms with Crippen LogP contribution in [0.4, 0.5) is 4.39 Å². The van der Waals surface area contributed by atoms with Crippen LogP contribution >= 0.6 is 22.9 Å². The second-order valence-electron chi connectivity index (χ2n) is 5.02. The Balaban J connectivity index is 1.98. The van der Waals surface area contributed by atoms with Crippen LogP contribution in [0.15, 0.2) is 18.2 Å². The SMILES string of the molecule is CNC(c1nc2c(s1)CCCC2)c1ccc(F)cc1Cl. The van der Waals surface area contributed by atoms with Crippen LogP contribution in [-0.2, 0) is 12.8 Å². The third-order valence-electron chi connectivity index (χ3n) is 3.67. The van der Waals surface area contributed by atoms with Gasteiger partial charge in [-0.2, -0.15) is 0 Å². The zero-order chi connectivity index (χ0) is 14.1. The van der Waals surface area contributed by atoms with Crippen molar-refractivity contribution in [3.05, 3.63) is 50.2 Å². The molecule has 2 aromatic rings. The van der Waals surface area contributed by atoms with Gasteiger partial charge in [0.25, 0.3) is 0 Å². The highest BCUT2D eigenvalue weighted by Crippen LogP contribution is 2.34. The number of hydrogen-bond donors (Lipinski definition) is 1. The summed E-state index contributed by atoms with van der Waals surface area (Å²) in [6.07, 6.45) is 4.66. The average Bonchev–Trinajstić information content (AvgIpc) is 2.85. The molecule has 5 heteroatoms. The zero-order valence-electron chi connectivity index (χ0n) is 11.2. The Hall–Kier alpha value is -0.970. The molecule has 0 saturated carbocycles. The summed E-state index contributed by atoms with van der Waals surface area (Å²) in [5, 5.41) is 4.71. The minimum atomic E-state index is -0.313. The van der Waals surface area contributed by atoms with E-state index in [9.17, 15) is 4.39 Å². The van der Waals surface area contributed by atoms with E-state index in [-0.39, 0.29) is 11.9 Å². The van der Waals surface area contributed by atoms with Crippen LogP contribution in [0, 0.1) is 5.82 Å². The van der Waals surface area contributed by atoms with Crippen molar-refractivity contribution in [3.63, 3.8) is 0 Å². The first-order valence-corrected chi connectivity index (χ1v) is 7.99. The molecule has 2 nitrogen and oxygen atoms in total. The van der Waals surface area contributed by atoms with Crippen LogP contribution in [0.2, 0.25) is 5.02 Å². The summed E-state index contributed by atoms with van der Waals surface area (Å²) in [4.78, 5) is 6.16. The lowest BCUT2D eigenvalue weighted by Gasteiger charge is -2.15. The normalized spacial score (nSPS) is 15.9. The van der Waals surface area contributed by atoms with Crippen LogP contribution in [0.1, 0.15) is 40.0 Å². The smallest absolute Gasteiger partial charge is 0.124 e. The summed E-state index contributed by atoms with van der Waals surface area (Å²) in [5.74, 6) is -0.313. The number of nitrogens with one attached hydrogen (secondary N) is 1. The van der Waals surface area contributed by atoms with E-state index in [2.05, 4.69) is 5.32 Å². The van der Waals surface area contributed by atoms with Gasteiger partial charge in [0.2, 0.25) is 0 Å². The molecule has 0 saturated heterocycles. The van der Waals surface area contributed by atoms with Gasteiger partial charge in [-0.3, -0.25) is 0 Å². The molecule has 1 atom stereocenters. The lowest BCUT2D eigenvalue weighted by molar-refractivity contribution is 0.622.